The Balaban J connectivity index is 1.98. The molecule has 0 aromatic heterocycles. The number of nitrogens with one attached hydrogen (secondary N) is 2. The van der Waals surface area contributed by atoms with E-state index in [0.717, 1.165) is 11.3 Å². The molecule has 1 aromatic rings. The molecule has 1 fully saturated rings. The lowest BCUT2D eigenvalue weighted by Gasteiger charge is -2.46. The minimum atomic E-state index is -0.745. The van der Waals surface area contributed by atoms with Crippen molar-refractivity contribution in [2.45, 2.75) is 25.0 Å². The normalized spacial score (nSPS) is 29.7. The third-order valence-corrected chi connectivity index (χ3v) is 4.04. The molecule has 2 bridgehead atoms. The molecular weight excluding hydrogens is 268 g/mol. The van der Waals surface area contributed by atoms with Crippen LogP contribution in [0.1, 0.15) is 24.8 Å². The number of piperidine rings is 1. The van der Waals surface area contributed by atoms with Gasteiger partial charge in [-0.3, -0.25) is 9.59 Å². The minimum Gasteiger partial charge on any atom is -0.468 e. The Morgan fingerprint density at radius 2 is 2.33 bits per heavy atom. The second-order valence-corrected chi connectivity index (χ2v) is 5.68. The van der Waals surface area contributed by atoms with Gasteiger partial charge in [-0.15, -0.1) is 6.58 Å². The standard InChI is InChI=1S/C16H18N2O3/c1-3-8-17-14(19)13-11-9-16(2,18-15(13)20)21-12-7-5-4-6-10(11)12/h3-7,11,13H,1,8-9H2,2H3,(H,17,19)(H,18,20)/t11-,13+,16-/m1/s1. The van der Waals surface area contributed by atoms with Crippen LogP contribution in [-0.4, -0.2) is 24.1 Å². The molecule has 3 rings (SSSR count). The van der Waals surface area contributed by atoms with Crippen LogP contribution < -0.4 is 15.4 Å². The molecule has 0 aliphatic carbocycles. The minimum absolute atomic E-state index is 0.168. The van der Waals surface area contributed by atoms with Gasteiger partial charge in [-0.25, -0.2) is 0 Å². The summed E-state index contributed by atoms with van der Waals surface area (Å²) in [6, 6.07) is 7.58. The Morgan fingerprint density at radius 1 is 1.57 bits per heavy atom. The predicted octanol–water partition coefficient (Wildman–Crippen LogP) is 1.32. The van der Waals surface area contributed by atoms with Crippen LogP contribution >= 0.6 is 0 Å². The Morgan fingerprint density at radius 3 is 3.10 bits per heavy atom. The molecule has 5 heteroatoms. The van der Waals surface area contributed by atoms with Crippen molar-refractivity contribution in [3.05, 3.63) is 42.5 Å². The molecule has 2 aliphatic heterocycles. The predicted molar refractivity (Wildman–Crippen MR) is 77.7 cm³/mol. The summed E-state index contributed by atoms with van der Waals surface area (Å²) in [5.74, 6) is -0.722. The number of carbonyl (C=O) groups is 2. The van der Waals surface area contributed by atoms with Gasteiger partial charge in [0.05, 0.1) is 0 Å². The van der Waals surface area contributed by atoms with Crippen LogP contribution in [0.5, 0.6) is 5.75 Å². The molecule has 2 amide bonds. The van der Waals surface area contributed by atoms with E-state index in [1.165, 1.54) is 0 Å². The first kappa shape index (κ1) is 13.7. The molecule has 2 N–H and O–H groups in total. The van der Waals surface area contributed by atoms with E-state index in [1.54, 1.807) is 6.08 Å². The Bertz CT molecular complexity index is 613. The number of ether oxygens (including phenoxy) is 1. The van der Waals surface area contributed by atoms with Crippen LogP contribution in [0.25, 0.3) is 0 Å². The zero-order valence-electron chi connectivity index (χ0n) is 11.9. The number of para-hydroxylation sites is 1. The van der Waals surface area contributed by atoms with Crippen LogP contribution in [0, 0.1) is 5.92 Å². The summed E-state index contributed by atoms with van der Waals surface area (Å²) in [4.78, 5) is 24.7. The summed E-state index contributed by atoms with van der Waals surface area (Å²) in [5, 5.41) is 5.54. The van der Waals surface area contributed by atoms with Gasteiger partial charge in [0.25, 0.3) is 0 Å². The van der Waals surface area contributed by atoms with Crippen molar-refractivity contribution in [3.63, 3.8) is 0 Å². The molecule has 1 aromatic carbocycles. The number of hydrogen-bond donors (Lipinski definition) is 2. The first-order valence-corrected chi connectivity index (χ1v) is 7.03. The van der Waals surface area contributed by atoms with Gasteiger partial charge in [0.1, 0.15) is 11.7 Å². The molecule has 3 atom stereocenters. The average molecular weight is 286 g/mol. The molecule has 0 spiro atoms. The lowest BCUT2D eigenvalue weighted by molar-refractivity contribution is -0.147. The Kier molecular flexibility index (Phi) is 3.20. The quantitative estimate of drug-likeness (QED) is 0.650. The highest BCUT2D eigenvalue weighted by Crippen LogP contribution is 2.46. The maximum Gasteiger partial charge on any atom is 0.236 e. The SMILES string of the molecule is C=CCNC(=O)[C@H]1C(=O)N[C@@]2(C)C[C@@H]1c1ccccc1O2. The van der Waals surface area contributed by atoms with E-state index in [4.69, 9.17) is 4.74 Å². The molecule has 1 saturated heterocycles. The molecule has 2 aliphatic rings. The van der Waals surface area contributed by atoms with Crippen molar-refractivity contribution in [1.29, 1.82) is 0 Å². The van der Waals surface area contributed by atoms with Gasteiger partial charge in [-0.2, -0.15) is 0 Å². The summed E-state index contributed by atoms with van der Waals surface area (Å²) in [6.07, 6.45) is 2.18. The average Bonchev–Trinajstić information content (AvgIpc) is 2.43. The van der Waals surface area contributed by atoms with Gasteiger partial charge >= 0.3 is 0 Å². The van der Waals surface area contributed by atoms with E-state index in [-0.39, 0.29) is 17.7 Å². The molecule has 0 saturated carbocycles. The van der Waals surface area contributed by atoms with Gasteiger partial charge in [0.15, 0.2) is 5.72 Å². The third-order valence-electron chi connectivity index (χ3n) is 4.04. The van der Waals surface area contributed by atoms with Crippen molar-refractivity contribution < 1.29 is 14.3 Å². The molecule has 21 heavy (non-hydrogen) atoms. The highest BCUT2D eigenvalue weighted by atomic mass is 16.5. The smallest absolute Gasteiger partial charge is 0.236 e. The summed E-state index contributed by atoms with van der Waals surface area (Å²) in [7, 11) is 0. The maximum atomic E-state index is 12.3. The zero-order chi connectivity index (χ0) is 15.0. The number of hydrogen-bond acceptors (Lipinski definition) is 3. The molecular formula is C16H18N2O3. The van der Waals surface area contributed by atoms with E-state index in [9.17, 15) is 9.59 Å². The molecule has 2 heterocycles. The number of benzene rings is 1. The fourth-order valence-corrected chi connectivity index (χ4v) is 3.17. The second kappa shape index (κ2) is 4.91. The van der Waals surface area contributed by atoms with Crippen molar-refractivity contribution in [3.8, 4) is 5.75 Å². The summed E-state index contributed by atoms with van der Waals surface area (Å²) >= 11 is 0. The van der Waals surface area contributed by atoms with E-state index < -0.39 is 11.6 Å². The summed E-state index contributed by atoms with van der Waals surface area (Å²) < 4.78 is 5.89. The lowest BCUT2D eigenvalue weighted by Crippen LogP contribution is -2.62. The van der Waals surface area contributed by atoms with Crippen molar-refractivity contribution >= 4 is 11.8 Å². The number of carbonyl (C=O) groups excluding carboxylic acids is 2. The van der Waals surface area contributed by atoms with E-state index in [1.807, 2.05) is 31.2 Å². The Hall–Kier alpha value is -2.30. The number of rotatable bonds is 3. The van der Waals surface area contributed by atoms with Crippen LogP contribution in [0.3, 0.4) is 0 Å². The highest BCUT2D eigenvalue weighted by molar-refractivity contribution is 6.02. The van der Waals surface area contributed by atoms with Crippen LogP contribution in [0.15, 0.2) is 36.9 Å². The van der Waals surface area contributed by atoms with Crippen molar-refractivity contribution in [1.82, 2.24) is 10.6 Å². The lowest BCUT2D eigenvalue weighted by atomic mass is 9.74. The van der Waals surface area contributed by atoms with Crippen LogP contribution in [0.2, 0.25) is 0 Å². The van der Waals surface area contributed by atoms with Gasteiger partial charge in [-0.1, -0.05) is 24.3 Å². The molecule has 110 valence electrons. The second-order valence-electron chi connectivity index (χ2n) is 5.68. The molecule has 0 radical (unpaired) electrons. The topological polar surface area (TPSA) is 67.4 Å². The zero-order valence-corrected chi connectivity index (χ0v) is 11.9. The Labute approximate surface area is 123 Å². The van der Waals surface area contributed by atoms with Gasteiger partial charge in [-0.05, 0) is 18.6 Å². The van der Waals surface area contributed by atoms with E-state index in [0.29, 0.717) is 13.0 Å². The number of fused-ring (bicyclic) bond motifs is 4. The fraction of sp³-hybridized carbons (Fsp3) is 0.375. The monoisotopic (exact) mass is 286 g/mol. The van der Waals surface area contributed by atoms with E-state index in [2.05, 4.69) is 17.2 Å². The summed E-state index contributed by atoms with van der Waals surface area (Å²) in [6.45, 7) is 5.76. The molecule has 5 nitrogen and oxygen atoms in total. The highest BCUT2D eigenvalue weighted by Gasteiger charge is 2.51. The van der Waals surface area contributed by atoms with E-state index >= 15 is 0 Å². The third kappa shape index (κ3) is 2.28. The van der Waals surface area contributed by atoms with Crippen LogP contribution in [0.4, 0.5) is 0 Å². The molecule has 0 unspecified atom stereocenters. The first-order chi connectivity index (χ1) is 10.0. The van der Waals surface area contributed by atoms with Gasteiger partial charge in [0.2, 0.25) is 11.8 Å². The maximum absolute atomic E-state index is 12.3. The summed E-state index contributed by atoms with van der Waals surface area (Å²) in [5.41, 5.74) is 0.175. The van der Waals surface area contributed by atoms with Gasteiger partial charge < -0.3 is 15.4 Å². The first-order valence-electron chi connectivity index (χ1n) is 7.03. The van der Waals surface area contributed by atoms with Crippen molar-refractivity contribution in [2.24, 2.45) is 5.92 Å². The number of amides is 2. The van der Waals surface area contributed by atoms with Crippen molar-refractivity contribution in [2.75, 3.05) is 6.54 Å². The fourth-order valence-electron chi connectivity index (χ4n) is 3.17. The largest absolute Gasteiger partial charge is 0.468 e. The van der Waals surface area contributed by atoms with Gasteiger partial charge in [0, 0.05) is 18.9 Å². The van der Waals surface area contributed by atoms with Crippen LogP contribution in [-0.2, 0) is 9.59 Å².